The number of aromatic nitrogens is 2. The highest BCUT2D eigenvalue weighted by Crippen LogP contribution is 2.34. The fraction of sp³-hybridized carbons (Fsp3) is 0.0833. The molecule has 0 bridgehead atoms. The SMILES string of the molecule is NC(=S)c1ccnnc1Nc1cc(C(F)(F)F)ccc1Cl. The minimum Gasteiger partial charge on any atom is -0.389 e. The summed E-state index contributed by atoms with van der Waals surface area (Å²) in [5, 5.41) is 10.2. The average Bonchev–Trinajstić information content (AvgIpc) is 2.40. The Hall–Kier alpha value is -1.93. The Bertz CT molecular complexity index is 690. The summed E-state index contributed by atoms with van der Waals surface area (Å²) in [6, 6.07) is 4.40. The lowest BCUT2D eigenvalue weighted by molar-refractivity contribution is -0.137. The zero-order valence-electron chi connectivity index (χ0n) is 10.3. The molecule has 0 radical (unpaired) electrons. The molecule has 2 rings (SSSR count). The molecule has 21 heavy (non-hydrogen) atoms. The molecule has 0 aliphatic heterocycles. The number of hydrogen-bond donors (Lipinski definition) is 2. The maximum atomic E-state index is 12.7. The minimum atomic E-state index is -4.48. The van der Waals surface area contributed by atoms with Gasteiger partial charge in [0, 0.05) is 0 Å². The molecule has 0 fully saturated rings. The van der Waals surface area contributed by atoms with E-state index >= 15 is 0 Å². The van der Waals surface area contributed by atoms with Crippen LogP contribution in [-0.4, -0.2) is 15.2 Å². The number of rotatable bonds is 3. The van der Waals surface area contributed by atoms with Gasteiger partial charge in [-0.25, -0.2) is 0 Å². The molecule has 0 aliphatic carbocycles. The molecule has 0 amide bonds. The molecule has 1 aromatic heterocycles. The third kappa shape index (κ3) is 3.59. The number of benzene rings is 1. The Balaban J connectivity index is 2.43. The predicted molar refractivity (Wildman–Crippen MR) is 77.7 cm³/mol. The van der Waals surface area contributed by atoms with E-state index in [2.05, 4.69) is 15.5 Å². The standard InChI is InChI=1S/C12H8ClF3N4S/c13-8-2-1-6(12(14,15)16)5-9(8)19-11-7(10(17)21)3-4-18-20-11/h1-5H,(H2,17,21)(H,19,20). The Labute approximate surface area is 128 Å². The van der Waals surface area contributed by atoms with Crippen LogP contribution in [0.1, 0.15) is 11.1 Å². The van der Waals surface area contributed by atoms with Crippen molar-refractivity contribution in [1.29, 1.82) is 0 Å². The van der Waals surface area contributed by atoms with Gasteiger partial charge in [-0.15, -0.1) is 5.10 Å². The second-order valence-corrected chi connectivity index (χ2v) is 4.82. The number of nitrogens with two attached hydrogens (primary N) is 1. The Morgan fingerprint density at radius 1 is 1.29 bits per heavy atom. The first-order valence-electron chi connectivity index (χ1n) is 5.54. The molecule has 0 aliphatic rings. The summed E-state index contributed by atoms with van der Waals surface area (Å²) >= 11 is 10.7. The van der Waals surface area contributed by atoms with Crippen LogP contribution in [0.4, 0.5) is 24.7 Å². The largest absolute Gasteiger partial charge is 0.416 e. The lowest BCUT2D eigenvalue weighted by atomic mass is 10.2. The number of anilines is 2. The van der Waals surface area contributed by atoms with Gasteiger partial charge in [0.1, 0.15) is 4.99 Å². The van der Waals surface area contributed by atoms with Crippen LogP contribution in [0.25, 0.3) is 0 Å². The van der Waals surface area contributed by atoms with E-state index in [1.54, 1.807) is 0 Å². The van der Waals surface area contributed by atoms with Crippen molar-refractivity contribution >= 4 is 40.3 Å². The van der Waals surface area contributed by atoms with Gasteiger partial charge < -0.3 is 11.1 Å². The van der Waals surface area contributed by atoms with Crippen molar-refractivity contribution in [1.82, 2.24) is 10.2 Å². The second kappa shape index (κ2) is 5.82. The molecular formula is C12H8ClF3N4S. The van der Waals surface area contributed by atoms with E-state index in [1.807, 2.05) is 0 Å². The number of thiocarbonyl (C=S) groups is 1. The van der Waals surface area contributed by atoms with Gasteiger partial charge in [0.05, 0.1) is 28.0 Å². The van der Waals surface area contributed by atoms with Crippen molar-refractivity contribution in [2.75, 3.05) is 5.32 Å². The normalized spacial score (nSPS) is 11.2. The first kappa shape index (κ1) is 15.5. The van der Waals surface area contributed by atoms with Crippen LogP contribution in [0, 0.1) is 0 Å². The number of halogens is 4. The molecule has 0 atom stereocenters. The van der Waals surface area contributed by atoms with Crippen LogP contribution in [0.3, 0.4) is 0 Å². The van der Waals surface area contributed by atoms with Crippen molar-refractivity contribution in [3.8, 4) is 0 Å². The van der Waals surface area contributed by atoms with Crippen molar-refractivity contribution in [3.05, 3.63) is 46.6 Å². The summed E-state index contributed by atoms with van der Waals surface area (Å²) in [4.78, 5) is 0.0375. The van der Waals surface area contributed by atoms with Gasteiger partial charge in [0.2, 0.25) is 0 Å². The topological polar surface area (TPSA) is 63.8 Å². The number of hydrogen-bond acceptors (Lipinski definition) is 4. The van der Waals surface area contributed by atoms with Crippen LogP contribution in [0.15, 0.2) is 30.5 Å². The molecule has 0 spiro atoms. The molecule has 4 nitrogen and oxygen atoms in total. The summed E-state index contributed by atoms with van der Waals surface area (Å²) in [7, 11) is 0. The first-order chi connectivity index (χ1) is 9.79. The fourth-order valence-corrected chi connectivity index (χ4v) is 1.88. The van der Waals surface area contributed by atoms with E-state index in [0.717, 1.165) is 18.2 Å². The molecule has 0 saturated heterocycles. The zero-order valence-corrected chi connectivity index (χ0v) is 11.9. The van der Waals surface area contributed by atoms with Gasteiger partial charge in [0.25, 0.3) is 0 Å². The van der Waals surface area contributed by atoms with Gasteiger partial charge in [-0.1, -0.05) is 23.8 Å². The Morgan fingerprint density at radius 2 is 2.00 bits per heavy atom. The average molecular weight is 333 g/mol. The fourth-order valence-electron chi connectivity index (χ4n) is 1.55. The summed E-state index contributed by atoms with van der Waals surface area (Å²) in [5.41, 5.74) is 5.07. The highest BCUT2D eigenvalue weighted by molar-refractivity contribution is 7.80. The third-order valence-corrected chi connectivity index (χ3v) is 3.08. The molecule has 1 heterocycles. The van der Waals surface area contributed by atoms with E-state index in [1.165, 1.54) is 12.3 Å². The van der Waals surface area contributed by atoms with Crippen LogP contribution in [0.2, 0.25) is 5.02 Å². The lowest BCUT2D eigenvalue weighted by Gasteiger charge is -2.13. The van der Waals surface area contributed by atoms with Crippen LogP contribution >= 0.6 is 23.8 Å². The van der Waals surface area contributed by atoms with Crippen molar-refractivity contribution in [2.45, 2.75) is 6.18 Å². The summed E-state index contributed by atoms with van der Waals surface area (Å²) in [6.07, 6.45) is -3.11. The molecule has 1 aromatic carbocycles. The maximum Gasteiger partial charge on any atom is 0.416 e. The smallest absolute Gasteiger partial charge is 0.389 e. The van der Waals surface area contributed by atoms with Crippen molar-refractivity contribution in [2.24, 2.45) is 5.73 Å². The first-order valence-corrected chi connectivity index (χ1v) is 6.33. The predicted octanol–water partition coefficient (Wildman–Crippen LogP) is 3.53. The number of nitrogens with one attached hydrogen (secondary N) is 1. The quantitative estimate of drug-likeness (QED) is 0.842. The van der Waals surface area contributed by atoms with Gasteiger partial charge >= 0.3 is 6.18 Å². The van der Waals surface area contributed by atoms with E-state index < -0.39 is 11.7 Å². The van der Waals surface area contributed by atoms with E-state index in [4.69, 9.17) is 29.6 Å². The molecule has 0 saturated carbocycles. The van der Waals surface area contributed by atoms with E-state index in [9.17, 15) is 13.2 Å². The summed E-state index contributed by atoms with van der Waals surface area (Å²) < 4.78 is 38.1. The van der Waals surface area contributed by atoms with Crippen molar-refractivity contribution < 1.29 is 13.2 Å². The molecule has 9 heteroatoms. The third-order valence-electron chi connectivity index (χ3n) is 2.53. The van der Waals surface area contributed by atoms with Crippen molar-refractivity contribution in [3.63, 3.8) is 0 Å². The van der Waals surface area contributed by atoms with Crippen LogP contribution < -0.4 is 11.1 Å². The molecular weight excluding hydrogens is 325 g/mol. The van der Waals surface area contributed by atoms with Gasteiger partial charge in [-0.2, -0.15) is 18.3 Å². The van der Waals surface area contributed by atoms with E-state index in [-0.39, 0.29) is 21.5 Å². The lowest BCUT2D eigenvalue weighted by Crippen LogP contribution is -2.14. The molecule has 110 valence electrons. The molecule has 2 aromatic rings. The summed E-state index contributed by atoms with van der Waals surface area (Å²) in [5.74, 6) is 0.131. The van der Waals surface area contributed by atoms with Crippen LogP contribution in [-0.2, 0) is 6.18 Å². The van der Waals surface area contributed by atoms with Gasteiger partial charge in [-0.05, 0) is 24.3 Å². The monoisotopic (exact) mass is 332 g/mol. The van der Waals surface area contributed by atoms with Crippen LogP contribution in [0.5, 0.6) is 0 Å². The minimum absolute atomic E-state index is 0.0319. The zero-order chi connectivity index (χ0) is 15.6. The maximum absolute atomic E-state index is 12.7. The Morgan fingerprint density at radius 3 is 2.62 bits per heavy atom. The Kier molecular flexibility index (Phi) is 4.29. The van der Waals surface area contributed by atoms with Gasteiger partial charge in [-0.3, -0.25) is 0 Å². The summed E-state index contributed by atoms with van der Waals surface area (Å²) in [6.45, 7) is 0. The highest BCUT2D eigenvalue weighted by Gasteiger charge is 2.31. The molecule has 0 unspecified atom stereocenters. The highest BCUT2D eigenvalue weighted by atomic mass is 35.5. The van der Waals surface area contributed by atoms with E-state index in [0.29, 0.717) is 5.56 Å². The van der Waals surface area contributed by atoms with Gasteiger partial charge in [0.15, 0.2) is 5.82 Å². The second-order valence-electron chi connectivity index (χ2n) is 3.98. The number of alkyl halides is 3. The number of nitrogens with zero attached hydrogens (tertiary/aromatic N) is 2. The molecule has 3 N–H and O–H groups in total.